The van der Waals surface area contributed by atoms with Crippen molar-refractivity contribution in [1.29, 1.82) is 0 Å². The molecule has 0 fully saturated rings. The van der Waals surface area contributed by atoms with Gasteiger partial charge in [-0.25, -0.2) is 13.4 Å². The van der Waals surface area contributed by atoms with Crippen LogP contribution in [0, 0.1) is 13.8 Å². The van der Waals surface area contributed by atoms with Gasteiger partial charge >= 0.3 is 0 Å². The van der Waals surface area contributed by atoms with Gasteiger partial charge in [-0.1, -0.05) is 43.1 Å². The number of carbonyl (C=O) groups is 1. The molecule has 0 aliphatic heterocycles. The zero-order valence-corrected chi connectivity index (χ0v) is 20.2. The number of nitrogens with zero attached hydrogens (tertiary/aromatic N) is 2. The van der Waals surface area contributed by atoms with Crippen LogP contribution in [0.5, 0.6) is 0 Å². The number of nitrogens with one attached hydrogen (secondary N) is 1. The molecule has 0 aliphatic carbocycles. The molecule has 6 nitrogen and oxygen atoms in total. The molecule has 0 spiro atoms. The Morgan fingerprint density at radius 1 is 1.13 bits per heavy atom. The average Bonchev–Trinajstić information content (AvgIpc) is 3.18. The maximum Gasteiger partial charge on any atom is 0.259 e. The number of sulfonamides is 1. The van der Waals surface area contributed by atoms with Crippen LogP contribution in [0.2, 0.25) is 5.02 Å². The number of anilines is 1. The molecule has 2 aromatic carbocycles. The molecule has 3 rings (SSSR count). The molecule has 164 valence electrons. The highest BCUT2D eigenvalue weighted by Crippen LogP contribution is 2.29. The molecule has 0 unspecified atom stereocenters. The number of hydrogen-bond donors (Lipinski definition) is 1. The van der Waals surface area contributed by atoms with Crippen molar-refractivity contribution in [2.45, 2.75) is 32.6 Å². The Morgan fingerprint density at radius 3 is 2.52 bits per heavy atom. The van der Waals surface area contributed by atoms with E-state index in [0.717, 1.165) is 22.4 Å². The Balaban J connectivity index is 1.88. The largest absolute Gasteiger partial charge is 0.298 e. The molecule has 0 bridgehead atoms. The molecule has 3 aromatic rings. The fourth-order valence-electron chi connectivity index (χ4n) is 3.18. The summed E-state index contributed by atoms with van der Waals surface area (Å²) in [7, 11) is -3.71. The van der Waals surface area contributed by atoms with Gasteiger partial charge in [0.25, 0.3) is 5.91 Å². The van der Waals surface area contributed by atoms with Crippen molar-refractivity contribution in [1.82, 2.24) is 9.29 Å². The number of halogens is 1. The number of amides is 1. The fourth-order valence-corrected chi connectivity index (χ4v) is 5.58. The van der Waals surface area contributed by atoms with E-state index >= 15 is 0 Å². The standard InChI is InChI=1S/C22H24ClN3O3S2/c1-5-26(6-2)31(28,29)16-9-10-19(23)18(12-16)21(27)25-22-24-20(13-30-22)17-11-14(3)7-8-15(17)4/h7-13H,5-6H2,1-4H3,(H,24,25,27). The predicted molar refractivity (Wildman–Crippen MR) is 127 cm³/mol. The summed E-state index contributed by atoms with van der Waals surface area (Å²) in [5, 5.41) is 5.19. The molecule has 0 aliphatic rings. The summed E-state index contributed by atoms with van der Waals surface area (Å²) in [6.45, 7) is 8.22. The van der Waals surface area contributed by atoms with Crippen LogP contribution in [0.15, 0.2) is 46.7 Å². The molecule has 0 radical (unpaired) electrons. The van der Waals surface area contributed by atoms with E-state index in [1.807, 2.05) is 31.4 Å². The highest BCUT2D eigenvalue weighted by atomic mass is 35.5. The number of benzene rings is 2. The number of rotatable bonds is 7. The van der Waals surface area contributed by atoms with Gasteiger partial charge in [0, 0.05) is 24.0 Å². The fraction of sp³-hybridized carbons (Fsp3) is 0.273. The number of carbonyl (C=O) groups excluding carboxylic acids is 1. The minimum Gasteiger partial charge on any atom is -0.298 e. The zero-order chi connectivity index (χ0) is 22.8. The predicted octanol–water partition coefficient (Wildman–Crippen LogP) is 5.36. The third-order valence-corrected chi connectivity index (χ3v) is 8.05. The van der Waals surface area contributed by atoms with Crippen LogP contribution in [0.3, 0.4) is 0 Å². The van der Waals surface area contributed by atoms with E-state index in [1.54, 1.807) is 13.8 Å². The maximum atomic E-state index is 12.9. The Hall–Kier alpha value is -2.26. The van der Waals surface area contributed by atoms with Crippen LogP contribution in [-0.2, 0) is 10.0 Å². The van der Waals surface area contributed by atoms with E-state index < -0.39 is 15.9 Å². The zero-order valence-electron chi connectivity index (χ0n) is 17.8. The topological polar surface area (TPSA) is 79.4 Å². The monoisotopic (exact) mass is 477 g/mol. The molecule has 31 heavy (non-hydrogen) atoms. The van der Waals surface area contributed by atoms with Gasteiger partial charge in [-0.05, 0) is 43.7 Å². The lowest BCUT2D eigenvalue weighted by Gasteiger charge is -2.19. The SMILES string of the molecule is CCN(CC)S(=O)(=O)c1ccc(Cl)c(C(=O)Nc2nc(-c3cc(C)ccc3C)cs2)c1. The van der Waals surface area contributed by atoms with Crippen molar-refractivity contribution >= 4 is 44.0 Å². The second-order valence-electron chi connectivity index (χ2n) is 7.04. The lowest BCUT2D eigenvalue weighted by Crippen LogP contribution is -2.30. The Labute approximate surface area is 191 Å². The number of hydrogen-bond acceptors (Lipinski definition) is 5. The van der Waals surface area contributed by atoms with Crippen molar-refractivity contribution in [2.75, 3.05) is 18.4 Å². The first-order valence-corrected chi connectivity index (χ1v) is 12.5. The van der Waals surface area contributed by atoms with Gasteiger partial charge in [0.2, 0.25) is 10.0 Å². The molecule has 1 heterocycles. The highest BCUT2D eigenvalue weighted by molar-refractivity contribution is 7.89. The quantitative estimate of drug-likeness (QED) is 0.496. The maximum absolute atomic E-state index is 12.9. The van der Waals surface area contributed by atoms with Crippen molar-refractivity contribution < 1.29 is 13.2 Å². The molecule has 0 saturated carbocycles. The van der Waals surface area contributed by atoms with Crippen LogP contribution in [0.4, 0.5) is 5.13 Å². The van der Waals surface area contributed by atoms with E-state index in [0.29, 0.717) is 18.2 Å². The van der Waals surface area contributed by atoms with Gasteiger partial charge in [0.15, 0.2) is 5.13 Å². The molecule has 1 N–H and O–H groups in total. The van der Waals surface area contributed by atoms with E-state index in [4.69, 9.17) is 11.6 Å². The molecule has 0 atom stereocenters. The first-order chi connectivity index (χ1) is 14.7. The summed E-state index contributed by atoms with van der Waals surface area (Å²) >= 11 is 7.50. The van der Waals surface area contributed by atoms with Crippen molar-refractivity contribution in [3.05, 3.63) is 63.5 Å². The van der Waals surface area contributed by atoms with Crippen LogP contribution >= 0.6 is 22.9 Å². The Morgan fingerprint density at radius 2 is 1.84 bits per heavy atom. The smallest absolute Gasteiger partial charge is 0.259 e. The minimum atomic E-state index is -3.71. The van der Waals surface area contributed by atoms with Crippen LogP contribution in [0.1, 0.15) is 35.3 Å². The summed E-state index contributed by atoms with van der Waals surface area (Å²) in [6.07, 6.45) is 0. The van der Waals surface area contributed by atoms with Gasteiger partial charge in [-0.15, -0.1) is 11.3 Å². The van der Waals surface area contributed by atoms with Crippen LogP contribution in [-0.4, -0.2) is 36.7 Å². The lowest BCUT2D eigenvalue weighted by atomic mass is 10.0. The number of aryl methyl sites for hydroxylation is 2. The summed E-state index contributed by atoms with van der Waals surface area (Å²) < 4.78 is 26.9. The summed E-state index contributed by atoms with van der Waals surface area (Å²) in [4.78, 5) is 17.4. The number of thiazole rings is 1. The average molecular weight is 478 g/mol. The van der Waals surface area contributed by atoms with Gasteiger partial charge in [-0.3, -0.25) is 10.1 Å². The molecule has 1 amide bonds. The second kappa shape index (κ2) is 9.48. The van der Waals surface area contributed by atoms with Crippen molar-refractivity contribution in [2.24, 2.45) is 0 Å². The Bertz CT molecular complexity index is 1220. The first kappa shape index (κ1) is 23.4. The molecular formula is C22H24ClN3O3S2. The minimum absolute atomic E-state index is 0.0287. The van der Waals surface area contributed by atoms with E-state index in [2.05, 4.69) is 16.4 Å². The van der Waals surface area contributed by atoms with E-state index in [9.17, 15) is 13.2 Å². The normalized spacial score (nSPS) is 11.7. The van der Waals surface area contributed by atoms with Crippen LogP contribution < -0.4 is 5.32 Å². The third kappa shape index (κ3) is 4.98. The van der Waals surface area contributed by atoms with Crippen molar-refractivity contribution in [3.8, 4) is 11.3 Å². The molecule has 0 saturated heterocycles. The molecular weight excluding hydrogens is 454 g/mol. The van der Waals surface area contributed by atoms with E-state index in [1.165, 1.54) is 33.8 Å². The first-order valence-electron chi connectivity index (χ1n) is 9.81. The Kier molecular flexibility index (Phi) is 7.16. The highest BCUT2D eigenvalue weighted by Gasteiger charge is 2.24. The molecule has 1 aromatic heterocycles. The lowest BCUT2D eigenvalue weighted by molar-refractivity contribution is 0.102. The van der Waals surface area contributed by atoms with Gasteiger partial charge in [0.1, 0.15) is 0 Å². The molecule has 9 heteroatoms. The van der Waals surface area contributed by atoms with E-state index in [-0.39, 0.29) is 15.5 Å². The third-order valence-electron chi connectivity index (χ3n) is 4.92. The van der Waals surface area contributed by atoms with Gasteiger partial charge in [0.05, 0.1) is 21.2 Å². The second-order valence-corrected chi connectivity index (χ2v) is 10.2. The number of aromatic nitrogens is 1. The summed E-state index contributed by atoms with van der Waals surface area (Å²) in [6, 6.07) is 10.3. The summed E-state index contributed by atoms with van der Waals surface area (Å²) in [5.41, 5.74) is 4.06. The van der Waals surface area contributed by atoms with Crippen LogP contribution in [0.25, 0.3) is 11.3 Å². The van der Waals surface area contributed by atoms with Gasteiger partial charge in [-0.2, -0.15) is 4.31 Å². The van der Waals surface area contributed by atoms with Gasteiger partial charge < -0.3 is 0 Å². The summed E-state index contributed by atoms with van der Waals surface area (Å²) in [5.74, 6) is -0.511. The van der Waals surface area contributed by atoms with Crippen molar-refractivity contribution in [3.63, 3.8) is 0 Å².